The van der Waals surface area contributed by atoms with E-state index in [-0.39, 0.29) is 17.1 Å². The molecule has 1 saturated heterocycles. The zero-order chi connectivity index (χ0) is 14.1. The van der Waals surface area contributed by atoms with Crippen molar-refractivity contribution in [3.63, 3.8) is 0 Å². The molecular formula is C15H13FN2OS. The number of nitrogens with zero attached hydrogens (tertiary/aromatic N) is 1. The Labute approximate surface area is 120 Å². The van der Waals surface area contributed by atoms with Crippen molar-refractivity contribution in [1.29, 1.82) is 0 Å². The summed E-state index contributed by atoms with van der Waals surface area (Å²) in [6.45, 7) is 0. The van der Waals surface area contributed by atoms with Crippen LogP contribution in [0.15, 0.2) is 48.5 Å². The summed E-state index contributed by atoms with van der Waals surface area (Å²) < 4.78 is 13.9. The number of hydrogen-bond acceptors (Lipinski definition) is 3. The lowest BCUT2D eigenvalue weighted by Crippen LogP contribution is -2.28. The van der Waals surface area contributed by atoms with Crippen LogP contribution < -0.4 is 10.6 Å². The number of nitrogens with two attached hydrogens (primary N) is 1. The number of thioether (sulfide) groups is 1. The van der Waals surface area contributed by atoms with Gasteiger partial charge in [0.1, 0.15) is 11.2 Å². The number of rotatable bonds is 2. The number of nitrogen functional groups attached to an aromatic ring is 1. The van der Waals surface area contributed by atoms with Crippen LogP contribution in [0.25, 0.3) is 0 Å². The van der Waals surface area contributed by atoms with E-state index in [4.69, 9.17) is 5.73 Å². The van der Waals surface area contributed by atoms with Gasteiger partial charge in [-0.2, -0.15) is 0 Å². The Balaban J connectivity index is 2.01. The molecule has 0 aliphatic carbocycles. The molecule has 2 aromatic rings. The van der Waals surface area contributed by atoms with Crippen molar-refractivity contribution in [3.8, 4) is 0 Å². The summed E-state index contributed by atoms with van der Waals surface area (Å²) >= 11 is 1.49. The highest BCUT2D eigenvalue weighted by Gasteiger charge is 2.35. The molecule has 3 rings (SSSR count). The monoisotopic (exact) mass is 288 g/mol. The standard InChI is InChI=1S/C15H13FN2OS/c16-12-3-1-2-4-13(12)18-14(19)9-20-15(18)10-5-7-11(17)8-6-10/h1-8,15H,9,17H2/t15-/m0/s1. The lowest BCUT2D eigenvalue weighted by molar-refractivity contribution is -0.115. The van der Waals surface area contributed by atoms with Crippen LogP contribution in [0.5, 0.6) is 0 Å². The van der Waals surface area contributed by atoms with Gasteiger partial charge < -0.3 is 5.73 Å². The van der Waals surface area contributed by atoms with Crippen molar-refractivity contribution in [3.05, 3.63) is 59.9 Å². The SMILES string of the molecule is Nc1ccc([C@@H]2SCC(=O)N2c2ccccc2F)cc1. The third-order valence-corrected chi connectivity index (χ3v) is 4.41. The summed E-state index contributed by atoms with van der Waals surface area (Å²) in [5.41, 5.74) is 7.61. The fourth-order valence-electron chi connectivity index (χ4n) is 2.24. The van der Waals surface area contributed by atoms with E-state index < -0.39 is 0 Å². The Bertz CT molecular complexity index is 645. The number of hydrogen-bond donors (Lipinski definition) is 1. The second kappa shape index (κ2) is 5.17. The second-order valence-electron chi connectivity index (χ2n) is 4.55. The smallest absolute Gasteiger partial charge is 0.238 e. The van der Waals surface area contributed by atoms with Crippen LogP contribution in [0.3, 0.4) is 0 Å². The predicted molar refractivity (Wildman–Crippen MR) is 79.9 cm³/mol. The summed E-state index contributed by atoms with van der Waals surface area (Å²) in [5.74, 6) is -0.116. The molecule has 0 bridgehead atoms. The van der Waals surface area contributed by atoms with Crippen LogP contribution in [-0.4, -0.2) is 11.7 Å². The van der Waals surface area contributed by atoms with Gasteiger partial charge >= 0.3 is 0 Å². The number of anilines is 2. The molecule has 0 radical (unpaired) electrons. The summed E-state index contributed by atoms with van der Waals surface area (Å²) in [5, 5.41) is -0.208. The van der Waals surface area contributed by atoms with Gasteiger partial charge in [-0.05, 0) is 29.8 Å². The maximum atomic E-state index is 13.9. The molecule has 3 nitrogen and oxygen atoms in total. The Kier molecular flexibility index (Phi) is 3.36. The van der Waals surface area contributed by atoms with Gasteiger partial charge in [0.05, 0.1) is 11.4 Å². The van der Waals surface area contributed by atoms with Crippen LogP contribution in [0, 0.1) is 5.82 Å². The van der Waals surface area contributed by atoms with E-state index in [1.807, 2.05) is 12.1 Å². The molecule has 5 heteroatoms. The van der Waals surface area contributed by atoms with Crippen molar-refractivity contribution < 1.29 is 9.18 Å². The number of carbonyl (C=O) groups excluding carboxylic acids is 1. The minimum Gasteiger partial charge on any atom is -0.399 e. The summed E-state index contributed by atoms with van der Waals surface area (Å²) in [6.07, 6.45) is 0. The van der Waals surface area contributed by atoms with Gasteiger partial charge in [0.2, 0.25) is 5.91 Å². The van der Waals surface area contributed by atoms with Gasteiger partial charge in [0.25, 0.3) is 0 Å². The van der Waals surface area contributed by atoms with E-state index >= 15 is 0 Å². The Morgan fingerprint density at radius 2 is 1.85 bits per heavy atom. The van der Waals surface area contributed by atoms with Crippen molar-refractivity contribution in [1.82, 2.24) is 0 Å². The van der Waals surface area contributed by atoms with Crippen molar-refractivity contribution in [2.75, 3.05) is 16.4 Å². The highest BCUT2D eigenvalue weighted by atomic mass is 32.2. The minimum absolute atomic E-state index is 0.0816. The lowest BCUT2D eigenvalue weighted by atomic mass is 10.1. The quantitative estimate of drug-likeness (QED) is 0.863. The molecule has 0 aromatic heterocycles. The number of halogens is 1. The molecule has 2 aromatic carbocycles. The number of para-hydroxylation sites is 1. The first-order valence-corrected chi connectivity index (χ1v) is 7.25. The zero-order valence-electron chi connectivity index (χ0n) is 10.6. The van der Waals surface area contributed by atoms with E-state index in [1.54, 1.807) is 30.3 Å². The van der Waals surface area contributed by atoms with Gasteiger partial charge in [-0.3, -0.25) is 9.69 Å². The van der Waals surface area contributed by atoms with Crippen molar-refractivity contribution in [2.45, 2.75) is 5.37 Å². The Morgan fingerprint density at radius 3 is 2.55 bits per heavy atom. The van der Waals surface area contributed by atoms with Gasteiger partial charge in [0, 0.05) is 5.69 Å². The highest BCUT2D eigenvalue weighted by Crippen LogP contribution is 2.42. The van der Waals surface area contributed by atoms with Gasteiger partial charge in [-0.15, -0.1) is 11.8 Å². The summed E-state index contributed by atoms with van der Waals surface area (Å²) in [6, 6.07) is 13.7. The molecule has 1 amide bonds. The fourth-order valence-corrected chi connectivity index (χ4v) is 3.41. The van der Waals surface area contributed by atoms with E-state index in [0.29, 0.717) is 17.1 Å². The van der Waals surface area contributed by atoms with E-state index in [9.17, 15) is 9.18 Å². The average Bonchev–Trinajstić information content (AvgIpc) is 2.82. The Hall–Kier alpha value is -2.01. The molecular weight excluding hydrogens is 275 g/mol. The van der Waals surface area contributed by atoms with Gasteiger partial charge in [-0.25, -0.2) is 4.39 Å². The topological polar surface area (TPSA) is 46.3 Å². The van der Waals surface area contributed by atoms with Gasteiger partial charge in [-0.1, -0.05) is 24.3 Å². The third-order valence-electron chi connectivity index (χ3n) is 3.20. The maximum absolute atomic E-state index is 13.9. The predicted octanol–water partition coefficient (Wildman–Crippen LogP) is 3.19. The molecule has 102 valence electrons. The molecule has 2 N–H and O–H groups in total. The molecule has 0 saturated carbocycles. The molecule has 1 aliphatic rings. The van der Waals surface area contributed by atoms with E-state index in [1.165, 1.54) is 22.7 Å². The van der Waals surface area contributed by atoms with Gasteiger partial charge in [0.15, 0.2) is 0 Å². The largest absolute Gasteiger partial charge is 0.399 e. The third kappa shape index (κ3) is 2.25. The lowest BCUT2D eigenvalue weighted by Gasteiger charge is -2.24. The number of benzene rings is 2. The molecule has 0 unspecified atom stereocenters. The van der Waals surface area contributed by atoms with Crippen LogP contribution in [0.1, 0.15) is 10.9 Å². The second-order valence-corrected chi connectivity index (χ2v) is 5.61. The summed E-state index contributed by atoms with van der Waals surface area (Å²) in [7, 11) is 0. The molecule has 1 atom stereocenters. The first-order chi connectivity index (χ1) is 9.66. The minimum atomic E-state index is -0.385. The van der Waals surface area contributed by atoms with Crippen molar-refractivity contribution in [2.24, 2.45) is 0 Å². The first kappa shape index (κ1) is 13.0. The maximum Gasteiger partial charge on any atom is 0.238 e. The molecule has 1 aliphatic heterocycles. The number of carbonyl (C=O) groups is 1. The van der Waals surface area contributed by atoms with E-state index in [2.05, 4.69) is 0 Å². The number of amides is 1. The first-order valence-electron chi connectivity index (χ1n) is 6.20. The van der Waals surface area contributed by atoms with Crippen LogP contribution in [0.4, 0.5) is 15.8 Å². The van der Waals surface area contributed by atoms with Crippen LogP contribution >= 0.6 is 11.8 Å². The van der Waals surface area contributed by atoms with Crippen molar-refractivity contribution >= 4 is 29.0 Å². The highest BCUT2D eigenvalue weighted by molar-refractivity contribution is 8.00. The molecule has 20 heavy (non-hydrogen) atoms. The molecule has 1 fully saturated rings. The van der Waals surface area contributed by atoms with E-state index in [0.717, 1.165) is 5.56 Å². The molecule has 0 spiro atoms. The Morgan fingerprint density at radius 1 is 1.15 bits per heavy atom. The van der Waals surface area contributed by atoms with Crippen LogP contribution in [-0.2, 0) is 4.79 Å². The fraction of sp³-hybridized carbons (Fsp3) is 0.133. The van der Waals surface area contributed by atoms with Crippen LogP contribution in [0.2, 0.25) is 0 Å². The molecule has 1 heterocycles. The summed E-state index contributed by atoms with van der Waals surface area (Å²) in [4.78, 5) is 13.6. The average molecular weight is 288 g/mol. The zero-order valence-corrected chi connectivity index (χ0v) is 11.4. The normalized spacial score (nSPS) is 18.6.